The molecule has 1 aliphatic heterocycles. The molecular weight excluding hydrogens is 422 g/mol. The van der Waals surface area contributed by atoms with Gasteiger partial charge in [-0.05, 0) is 42.3 Å². The van der Waals surface area contributed by atoms with Gasteiger partial charge >= 0.3 is 0 Å². The zero-order valence-corrected chi connectivity index (χ0v) is 18.2. The Morgan fingerprint density at radius 3 is 2.56 bits per heavy atom. The van der Waals surface area contributed by atoms with Gasteiger partial charge in [0.05, 0.1) is 28.0 Å². The first-order chi connectivity index (χ1) is 15.5. The largest absolute Gasteiger partial charge is 0.487 e. The topological polar surface area (TPSA) is 76.5 Å². The first-order valence-corrected chi connectivity index (χ1v) is 12.2. The lowest BCUT2D eigenvalue weighted by Gasteiger charge is -2.30. The zero-order chi connectivity index (χ0) is 22.1. The van der Waals surface area contributed by atoms with E-state index < -0.39 is 21.9 Å². The van der Waals surface area contributed by atoms with Gasteiger partial charge < -0.3 is 9.84 Å². The summed E-state index contributed by atoms with van der Waals surface area (Å²) >= 11 is 0. The molecule has 0 saturated heterocycles. The summed E-state index contributed by atoms with van der Waals surface area (Å²) in [6, 6.07) is 26.3. The molecule has 0 fully saturated rings. The van der Waals surface area contributed by atoms with Crippen molar-refractivity contribution in [3.8, 4) is 5.75 Å². The number of para-hydroxylation sites is 1. The maximum atomic E-state index is 12.9. The van der Waals surface area contributed by atoms with Crippen molar-refractivity contribution in [1.29, 1.82) is 0 Å². The highest BCUT2D eigenvalue weighted by Gasteiger charge is 2.37. The van der Waals surface area contributed by atoms with E-state index in [4.69, 9.17) is 4.74 Å². The van der Waals surface area contributed by atoms with Crippen molar-refractivity contribution in [3.63, 3.8) is 0 Å². The molecule has 0 radical (unpaired) electrons. The Labute approximate surface area is 187 Å². The Kier molecular flexibility index (Phi) is 5.41. The summed E-state index contributed by atoms with van der Waals surface area (Å²) in [5, 5.41) is 12.1. The number of benzene rings is 3. The molecule has 5 rings (SSSR count). The maximum Gasteiger partial charge on any atom is 0.179 e. The Morgan fingerprint density at radius 2 is 1.72 bits per heavy atom. The van der Waals surface area contributed by atoms with Crippen molar-refractivity contribution in [1.82, 2.24) is 4.98 Å². The van der Waals surface area contributed by atoms with Crippen molar-refractivity contribution >= 4 is 20.7 Å². The summed E-state index contributed by atoms with van der Waals surface area (Å²) in [6.07, 6.45) is -0.386. The molecule has 1 N–H and O–H groups in total. The van der Waals surface area contributed by atoms with Crippen LogP contribution in [0.2, 0.25) is 0 Å². The molecule has 3 aromatic carbocycles. The van der Waals surface area contributed by atoms with E-state index in [0.29, 0.717) is 17.7 Å². The number of pyridine rings is 1. The van der Waals surface area contributed by atoms with E-state index in [1.54, 1.807) is 12.1 Å². The molecule has 2 heterocycles. The second-order valence-electron chi connectivity index (χ2n) is 8.16. The summed E-state index contributed by atoms with van der Waals surface area (Å²) in [7, 11) is -3.48. The molecule has 162 valence electrons. The van der Waals surface area contributed by atoms with Crippen LogP contribution in [-0.4, -0.2) is 24.3 Å². The van der Waals surface area contributed by atoms with Crippen LogP contribution in [0.5, 0.6) is 5.75 Å². The van der Waals surface area contributed by atoms with E-state index in [0.717, 1.165) is 22.2 Å². The van der Waals surface area contributed by atoms with Crippen LogP contribution < -0.4 is 4.74 Å². The second kappa shape index (κ2) is 8.37. The lowest BCUT2D eigenvalue weighted by atomic mass is 9.90. The number of aliphatic hydroxyl groups is 1. The first-order valence-electron chi connectivity index (χ1n) is 10.6. The maximum absolute atomic E-state index is 12.9. The third-order valence-electron chi connectivity index (χ3n) is 5.90. The van der Waals surface area contributed by atoms with E-state index in [9.17, 15) is 13.5 Å². The van der Waals surface area contributed by atoms with Crippen LogP contribution >= 0.6 is 0 Å². The fourth-order valence-electron chi connectivity index (χ4n) is 4.28. The average Bonchev–Trinajstić information content (AvgIpc) is 2.81. The lowest BCUT2D eigenvalue weighted by Crippen LogP contribution is -2.31. The SMILES string of the molecule is O=S1(=O)C[C@H](Cc2ccccc2)[C@@H](O)c2cc(OCc3ccc4ccccc4n3)ccc21. The third kappa shape index (κ3) is 4.11. The summed E-state index contributed by atoms with van der Waals surface area (Å²) in [5.74, 6) is 0.0257. The molecular formula is C26H23NO4S. The molecule has 2 atom stereocenters. The minimum Gasteiger partial charge on any atom is -0.487 e. The predicted octanol–water partition coefficient (Wildman–Crippen LogP) is 4.49. The Bertz CT molecular complexity index is 1370. The van der Waals surface area contributed by atoms with Gasteiger partial charge in [-0.1, -0.05) is 54.6 Å². The Hall–Kier alpha value is -3.22. The summed E-state index contributed by atoms with van der Waals surface area (Å²) < 4.78 is 31.7. The summed E-state index contributed by atoms with van der Waals surface area (Å²) in [4.78, 5) is 4.79. The highest BCUT2D eigenvalue weighted by atomic mass is 32.2. The number of ether oxygens (including phenoxy) is 1. The van der Waals surface area contributed by atoms with Gasteiger partial charge in [-0.25, -0.2) is 13.4 Å². The quantitative estimate of drug-likeness (QED) is 0.490. The number of aromatic nitrogens is 1. The lowest BCUT2D eigenvalue weighted by molar-refractivity contribution is 0.112. The number of hydrogen-bond acceptors (Lipinski definition) is 5. The third-order valence-corrected chi connectivity index (χ3v) is 7.81. The second-order valence-corrected chi connectivity index (χ2v) is 10.2. The minimum atomic E-state index is -3.48. The van der Waals surface area contributed by atoms with Crippen molar-refractivity contribution in [2.45, 2.75) is 24.0 Å². The van der Waals surface area contributed by atoms with Gasteiger partial charge in [0.15, 0.2) is 9.84 Å². The minimum absolute atomic E-state index is 0.0721. The number of hydrogen-bond donors (Lipinski definition) is 1. The van der Waals surface area contributed by atoms with E-state index >= 15 is 0 Å². The van der Waals surface area contributed by atoms with E-state index in [1.807, 2.05) is 66.7 Å². The molecule has 0 spiro atoms. The molecule has 0 bridgehead atoms. The van der Waals surface area contributed by atoms with Gasteiger partial charge in [-0.3, -0.25) is 0 Å². The fourth-order valence-corrected chi connectivity index (χ4v) is 6.14. The Morgan fingerprint density at radius 1 is 0.938 bits per heavy atom. The number of rotatable bonds is 5. The van der Waals surface area contributed by atoms with Crippen LogP contribution in [0.25, 0.3) is 10.9 Å². The highest BCUT2D eigenvalue weighted by Crippen LogP contribution is 2.39. The van der Waals surface area contributed by atoms with Crippen molar-refractivity contribution in [3.05, 3.63) is 102 Å². The fraction of sp³-hybridized carbons (Fsp3) is 0.192. The molecule has 6 heteroatoms. The van der Waals surface area contributed by atoms with Gasteiger partial charge in [-0.2, -0.15) is 0 Å². The van der Waals surface area contributed by atoms with Crippen LogP contribution in [0.15, 0.2) is 89.8 Å². The van der Waals surface area contributed by atoms with Gasteiger partial charge in [0.25, 0.3) is 0 Å². The number of fused-ring (bicyclic) bond motifs is 2. The monoisotopic (exact) mass is 445 g/mol. The standard InChI is InChI=1S/C26H23NO4S/c28-26-20(14-18-6-2-1-3-7-18)17-32(29,30)25-13-12-22(15-23(25)26)31-16-21-11-10-19-8-4-5-9-24(19)27-21/h1-13,15,20,26,28H,14,16-17H2/t20-,26+/m0/s1. The predicted molar refractivity (Wildman–Crippen MR) is 123 cm³/mol. The normalized spacial score (nSPS) is 19.4. The Balaban J connectivity index is 1.38. The van der Waals surface area contributed by atoms with Crippen molar-refractivity contribution in [2.75, 3.05) is 5.75 Å². The molecule has 1 aromatic heterocycles. The first kappa shape index (κ1) is 20.7. The molecule has 0 saturated carbocycles. The van der Waals surface area contributed by atoms with E-state index in [2.05, 4.69) is 4.98 Å². The number of nitrogens with zero attached hydrogens (tertiary/aromatic N) is 1. The molecule has 4 aromatic rings. The molecule has 5 nitrogen and oxygen atoms in total. The van der Waals surface area contributed by atoms with Crippen LogP contribution in [-0.2, 0) is 22.9 Å². The van der Waals surface area contributed by atoms with Gasteiger partial charge in [0, 0.05) is 16.9 Å². The molecule has 1 aliphatic rings. The van der Waals surface area contributed by atoms with Crippen LogP contribution in [0, 0.1) is 5.92 Å². The number of sulfone groups is 1. The summed E-state index contributed by atoms with van der Waals surface area (Å²) in [6.45, 7) is 0.250. The smallest absolute Gasteiger partial charge is 0.179 e. The molecule has 0 unspecified atom stereocenters. The highest BCUT2D eigenvalue weighted by molar-refractivity contribution is 7.91. The molecule has 0 aliphatic carbocycles. The van der Waals surface area contributed by atoms with Gasteiger partial charge in [0.2, 0.25) is 0 Å². The summed E-state index contributed by atoms with van der Waals surface area (Å²) in [5.41, 5.74) is 3.08. The number of aliphatic hydroxyl groups excluding tert-OH is 1. The van der Waals surface area contributed by atoms with Crippen molar-refractivity contribution < 1.29 is 18.3 Å². The molecule has 0 amide bonds. The van der Waals surface area contributed by atoms with Crippen LogP contribution in [0.1, 0.15) is 22.9 Å². The average molecular weight is 446 g/mol. The zero-order valence-electron chi connectivity index (χ0n) is 17.4. The van der Waals surface area contributed by atoms with E-state index in [-0.39, 0.29) is 17.3 Å². The molecule has 32 heavy (non-hydrogen) atoms. The van der Waals surface area contributed by atoms with Gasteiger partial charge in [0.1, 0.15) is 12.4 Å². The van der Waals surface area contributed by atoms with Crippen molar-refractivity contribution in [2.24, 2.45) is 5.92 Å². The van der Waals surface area contributed by atoms with Gasteiger partial charge in [-0.15, -0.1) is 0 Å². The van der Waals surface area contributed by atoms with Crippen LogP contribution in [0.4, 0.5) is 0 Å². The van der Waals surface area contributed by atoms with Crippen LogP contribution in [0.3, 0.4) is 0 Å². The van der Waals surface area contributed by atoms with E-state index in [1.165, 1.54) is 6.07 Å².